The van der Waals surface area contributed by atoms with Crippen LogP contribution in [0.5, 0.6) is 0 Å². The summed E-state index contributed by atoms with van der Waals surface area (Å²) in [5.41, 5.74) is -0.232. The molecule has 0 unspecified atom stereocenters. The lowest BCUT2D eigenvalue weighted by molar-refractivity contribution is 0.0698. The highest BCUT2D eigenvalue weighted by atomic mass is 19.1. The number of carboxylic acids is 1. The van der Waals surface area contributed by atoms with Crippen molar-refractivity contribution in [3.63, 3.8) is 0 Å². The second-order valence-electron chi connectivity index (χ2n) is 2.95. The van der Waals surface area contributed by atoms with Gasteiger partial charge in [-0.1, -0.05) is 0 Å². The summed E-state index contributed by atoms with van der Waals surface area (Å²) in [4.78, 5) is 14.5. The SMILES string of the molecule is O=C(O)c1ccnc2cc(F)cc(F)c12. The molecule has 0 spiro atoms. The van der Waals surface area contributed by atoms with Gasteiger partial charge < -0.3 is 5.11 Å². The maximum Gasteiger partial charge on any atom is 0.336 e. The molecule has 0 fully saturated rings. The van der Waals surface area contributed by atoms with Gasteiger partial charge in [0.15, 0.2) is 0 Å². The molecule has 2 rings (SSSR count). The quantitative estimate of drug-likeness (QED) is 0.783. The number of fused-ring (bicyclic) bond motifs is 1. The van der Waals surface area contributed by atoms with E-state index in [-0.39, 0.29) is 16.5 Å². The van der Waals surface area contributed by atoms with E-state index in [1.165, 1.54) is 12.3 Å². The van der Waals surface area contributed by atoms with Crippen molar-refractivity contribution in [1.82, 2.24) is 4.98 Å². The van der Waals surface area contributed by atoms with Crippen LogP contribution in [0.4, 0.5) is 8.78 Å². The van der Waals surface area contributed by atoms with E-state index in [4.69, 9.17) is 5.11 Å². The van der Waals surface area contributed by atoms with E-state index in [0.717, 1.165) is 6.07 Å². The van der Waals surface area contributed by atoms with Crippen LogP contribution in [0.15, 0.2) is 24.4 Å². The molecular weight excluding hydrogens is 204 g/mol. The maximum atomic E-state index is 13.3. The first kappa shape index (κ1) is 9.51. The highest BCUT2D eigenvalue weighted by Gasteiger charge is 2.13. The van der Waals surface area contributed by atoms with E-state index < -0.39 is 17.6 Å². The number of nitrogens with zero attached hydrogens (tertiary/aromatic N) is 1. The molecule has 1 N–H and O–H groups in total. The smallest absolute Gasteiger partial charge is 0.336 e. The average molecular weight is 209 g/mol. The number of halogens is 2. The predicted molar refractivity (Wildman–Crippen MR) is 48.6 cm³/mol. The van der Waals surface area contributed by atoms with Crippen molar-refractivity contribution in [3.05, 3.63) is 41.6 Å². The maximum absolute atomic E-state index is 13.3. The van der Waals surface area contributed by atoms with Crippen LogP contribution in [0.25, 0.3) is 10.9 Å². The molecule has 0 radical (unpaired) electrons. The Hall–Kier alpha value is -2.04. The Kier molecular flexibility index (Phi) is 2.07. The Bertz CT molecular complexity index is 554. The van der Waals surface area contributed by atoms with Gasteiger partial charge in [0.05, 0.1) is 16.5 Å². The molecule has 15 heavy (non-hydrogen) atoms. The van der Waals surface area contributed by atoms with Crippen LogP contribution < -0.4 is 0 Å². The van der Waals surface area contributed by atoms with Gasteiger partial charge in [0.25, 0.3) is 0 Å². The minimum atomic E-state index is -1.27. The minimum absolute atomic E-state index is 0.00704. The lowest BCUT2D eigenvalue weighted by atomic mass is 10.1. The van der Waals surface area contributed by atoms with Gasteiger partial charge in [-0.05, 0) is 6.07 Å². The first-order chi connectivity index (χ1) is 7.09. The third-order valence-corrected chi connectivity index (χ3v) is 1.99. The normalized spacial score (nSPS) is 10.5. The second kappa shape index (κ2) is 3.27. The standard InChI is InChI=1S/C10H5F2NO2/c11-5-3-7(12)9-6(10(14)15)1-2-13-8(9)4-5/h1-4H,(H,14,15). The molecule has 0 bridgehead atoms. The van der Waals surface area contributed by atoms with Crippen molar-refractivity contribution in [2.45, 2.75) is 0 Å². The van der Waals surface area contributed by atoms with Crippen molar-refractivity contribution >= 4 is 16.9 Å². The predicted octanol–water partition coefficient (Wildman–Crippen LogP) is 2.21. The topological polar surface area (TPSA) is 50.2 Å². The van der Waals surface area contributed by atoms with E-state index in [1.807, 2.05) is 0 Å². The number of hydrogen-bond acceptors (Lipinski definition) is 2. The summed E-state index contributed by atoms with van der Waals surface area (Å²) in [6.45, 7) is 0. The van der Waals surface area contributed by atoms with Gasteiger partial charge in [-0.25, -0.2) is 13.6 Å². The van der Waals surface area contributed by atoms with Crippen molar-refractivity contribution in [2.24, 2.45) is 0 Å². The molecule has 0 aliphatic rings. The molecule has 0 saturated heterocycles. The van der Waals surface area contributed by atoms with Crippen molar-refractivity contribution < 1.29 is 18.7 Å². The fourth-order valence-electron chi connectivity index (χ4n) is 1.38. The number of aromatic carboxylic acids is 1. The molecule has 2 aromatic rings. The van der Waals surface area contributed by atoms with Gasteiger partial charge >= 0.3 is 5.97 Å². The van der Waals surface area contributed by atoms with Crippen molar-refractivity contribution in [3.8, 4) is 0 Å². The number of pyridine rings is 1. The zero-order valence-corrected chi connectivity index (χ0v) is 7.37. The lowest BCUT2D eigenvalue weighted by Gasteiger charge is -2.02. The monoisotopic (exact) mass is 209 g/mol. The van der Waals surface area contributed by atoms with Crippen LogP contribution >= 0.6 is 0 Å². The molecule has 1 aromatic carbocycles. The van der Waals surface area contributed by atoms with E-state index in [2.05, 4.69) is 4.98 Å². The number of benzene rings is 1. The van der Waals surface area contributed by atoms with E-state index >= 15 is 0 Å². The largest absolute Gasteiger partial charge is 0.478 e. The number of hydrogen-bond donors (Lipinski definition) is 1. The Morgan fingerprint density at radius 2 is 2.07 bits per heavy atom. The van der Waals surface area contributed by atoms with Crippen LogP contribution in [0.1, 0.15) is 10.4 Å². The van der Waals surface area contributed by atoms with Gasteiger partial charge in [-0.15, -0.1) is 0 Å². The third-order valence-electron chi connectivity index (χ3n) is 1.99. The van der Waals surface area contributed by atoms with Gasteiger partial charge in [0.1, 0.15) is 11.6 Å². The van der Waals surface area contributed by atoms with Crippen LogP contribution in [0.2, 0.25) is 0 Å². The zero-order valence-electron chi connectivity index (χ0n) is 7.37. The number of aromatic nitrogens is 1. The average Bonchev–Trinajstić information content (AvgIpc) is 2.16. The Labute approximate surface area is 83.0 Å². The van der Waals surface area contributed by atoms with Crippen molar-refractivity contribution in [2.75, 3.05) is 0 Å². The minimum Gasteiger partial charge on any atom is -0.478 e. The third kappa shape index (κ3) is 1.52. The summed E-state index contributed by atoms with van der Waals surface area (Å²) in [5.74, 6) is -2.97. The first-order valence-corrected chi connectivity index (χ1v) is 4.06. The highest BCUT2D eigenvalue weighted by Crippen LogP contribution is 2.21. The summed E-state index contributed by atoms with van der Waals surface area (Å²) in [6, 6.07) is 2.80. The summed E-state index contributed by atoms with van der Waals surface area (Å²) >= 11 is 0. The Morgan fingerprint density at radius 1 is 1.33 bits per heavy atom. The fourth-order valence-corrected chi connectivity index (χ4v) is 1.38. The summed E-state index contributed by atoms with van der Waals surface area (Å²) in [6.07, 6.45) is 1.20. The summed E-state index contributed by atoms with van der Waals surface area (Å²) in [7, 11) is 0. The molecular formula is C10H5F2NO2. The zero-order chi connectivity index (χ0) is 11.0. The Balaban J connectivity index is 2.91. The Morgan fingerprint density at radius 3 is 2.73 bits per heavy atom. The highest BCUT2D eigenvalue weighted by molar-refractivity contribution is 6.02. The van der Waals surface area contributed by atoms with Gasteiger partial charge in [0, 0.05) is 18.3 Å². The molecule has 1 heterocycles. The van der Waals surface area contributed by atoms with E-state index in [0.29, 0.717) is 6.07 Å². The summed E-state index contributed by atoms with van der Waals surface area (Å²) < 4.78 is 26.1. The van der Waals surface area contributed by atoms with Crippen LogP contribution in [-0.4, -0.2) is 16.1 Å². The first-order valence-electron chi connectivity index (χ1n) is 4.06. The molecule has 5 heteroatoms. The van der Waals surface area contributed by atoms with Gasteiger partial charge in [0.2, 0.25) is 0 Å². The molecule has 3 nitrogen and oxygen atoms in total. The molecule has 1 aromatic heterocycles. The number of rotatable bonds is 1. The number of carboxylic acid groups (broad SMARTS) is 1. The molecule has 0 aliphatic carbocycles. The van der Waals surface area contributed by atoms with Gasteiger partial charge in [-0.3, -0.25) is 4.98 Å². The van der Waals surface area contributed by atoms with Crippen LogP contribution in [-0.2, 0) is 0 Å². The second-order valence-corrected chi connectivity index (χ2v) is 2.95. The number of carbonyl (C=O) groups is 1. The lowest BCUT2D eigenvalue weighted by Crippen LogP contribution is -2.00. The van der Waals surface area contributed by atoms with E-state index in [1.54, 1.807) is 0 Å². The van der Waals surface area contributed by atoms with Crippen LogP contribution in [0.3, 0.4) is 0 Å². The van der Waals surface area contributed by atoms with E-state index in [9.17, 15) is 13.6 Å². The summed E-state index contributed by atoms with van der Waals surface area (Å²) in [5, 5.41) is 8.61. The van der Waals surface area contributed by atoms with Crippen LogP contribution in [0, 0.1) is 11.6 Å². The van der Waals surface area contributed by atoms with Gasteiger partial charge in [-0.2, -0.15) is 0 Å². The molecule has 0 atom stereocenters. The molecule has 76 valence electrons. The molecule has 0 amide bonds. The molecule has 0 aliphatic heterocycles. The molecule has 0 saturated carbocycles. The fraction of sp³-hybridized carbons (Fsp3) is 0. The van der Waals surface area contributed by atoms with Crippen molar-refractivity contribution in [1.29, 1.82) is 0 Å².